The predicted octanol–water partition coefficient (Wildman–Crippen LogP) is 5.03. The molecule has 0 saturated carbocycles. The van der Waals surface area contributed by atoms with Gasteiger partial charge in [-0.25, -0.2) is 9.59 Å². The summed E-state index contributed by atoms with van der Waals surface area (Å²) in [6.07, 6.45) is 0. The summed E-state index contributed by atoms with van der Waals surface area (Å²) >= 11 is 0. The Labute approximate surface area is 177 Å². The van der Waals surface area contributed by atoms with Gasteiger partial charge in [0.2, 0.25) is 0 Å². The highest BCUT2D eigenvalue weighted by Crippen LogP contribution is 2.31. The molecule has 6 heteroatoms. The number of fused-ring (bicyclic) bond motifs is 1. The fourth-order valence-corrected chi connectivity index (χ4v) is 3.58. The first kappa shape index (κ1) is 20.1. The van der Waals surface area contributed by atoms with Crippen molar-refractivity contribution in [3.63, 3.8) is 0 Å². The highest BCUT2D eigenvalue weighted by Gasteiger charge is 2.14. The van der Waals surface area contributed by atoms with Gasteiger partial charge < -0.3 is 14.8 Å². The van der Waals surface area contributed by atoms with Crippen LogP contribution in [-0.4, -0.2) is 17.0 Å². The number of aromatic carboxylic acids is 1. The monoisotopic (exact) mass is 413 g/mol. The second-order valence-corrected chi connectivity index (χ2v) is 7.41. The van der Waals surface area contributed by atoms with Gasteiger partial charge in [-0.2, -0.15) is 0 Å². The van der Waals surface area contributed by atoms with E-state index in [0.29, 0.717) is 33.3 Å². The molecule has 1 aromatic heterocycles. The van der Waals surface area contributed by atoms with Crippen molar-refractivity contribution in [2.75, 3.05) is 5.32 Å². The van der Waals surface area contributed by atoms with Crippen LogP contribution >= 0.6 is 0 Å². The van der Waals surface area contributed by atoms with E-state index in [1.54, 1.807) is 42.5 Å². The van der Waals surface area contributed by atoms with Crippen LogP contribution in [0.15, 0.2) is 75.9 Å². The van der Waals surface area contributed by atoms with Crippen LogP contribution in [-0.2, 0) is 0 Å². The maximum atomic E-state index is 12.9. The van der Waals surface area contributed by atoms with Crippen molar-refractivity contribution in [2.24, 2.45) is 0 Å². The maximum Gasteiger partial charge on any atom is 0.336 e. The van der Waals surface area contributed by atoms with Gasteiger partial charge in [0.1, 0.15) is 5.58 Å². The summed E-state index contributed by atoms with van der Waals surface area (Å²) in [4.78, 5) is 36.1. The summed E-state index contributed by atoms with van der Waals surface area (Å²) < 4.78 is 5.34. The Kier molecular flexibility index (Phi) is 5.13. The second kappa shape index (κ2) is 7.91. The minimum atomic E-state index is -1.04. The van der Waals surface area contributed by atoms with E-state index >= 15 is 0 Å². The SMILES string of the molecule is Cc1cc(C)cc(C(=O)Nc2cc(-c3cccc(C(=O)O)c3)cc3oc(=O)ccc23)c1. The van der Waals surface area contributed by atoms with E-state index in [0.717, 1.165) is 11.1 Å². The zero-order valence-corrected chi connectivity index (χ0v) is 16.9. The molecule has 0 bridgehead atoms. The molecule has 0 aliphatic heterocycles. The lowest BCUT2D eigenvalue weighted by Crippen LogP contribution is -2.13. The highest BCUT2D eigenvalue weighted by molar-refractivity contribution is 6.09. The molecule has 0 aliphatic carbocycles. The summed E-state index contributed by atoms with van der Waals surface area (Å²) in [5, 5.41) is 12.8. The number of amides is 1. The predicted molar refractivity (Wildman–Crippen MR) is 119 cm³/mol. The summed E-state index contributed by atoms with van der Waals surface area (Å²) in [6.45, 7) is 3.84. The van der Waals surface area contributed by atoms with Crippen molar-refractivity contribution < 1.29 is 19.1 Å². The van der Waals surface area contributed by atoms with Crippen LogP contribution in [0.3, 0.4) is 0 Å². The van der Waals surface area contributed by atoms with Gasteiger partial charge in [-0.1, -0.05) is 29.3 Å². The molecule has 0 fully saturated rings. The van der Waals surface area contributed by atoms with Crippen LogP contribution in [0.5, 0.6) is 0 Å². The zero-order chi connectivity index (χ0) is 22.1. The number of aryl methyl sites for hydroxylation is 2. The molecule has 2 N–H and O–H groups in total. The molecule has 1 heterocycles. The van der Waals surface area contributed by atoms with E-state index in [9.17, 15) is 19.5 Å². The number of anilines is 1. The summed E-state index contributed by atoms with van der Waals surface area (Å²) in [6, 6.07) is 18.3. The van der Waals surface area contributed by atoms with Crippen molar-refractivity contribution in [3.8, 4) is 11.1 Å². The van der Waals surface area contributed by atoms with Gasteiger partial charge in [0.05, 0.1) is 11.3 Å². The number of rotatable bonds is 4. The molecule has 154 valence electrons. The summed E-state index contributed by atoms with van der Waals surface area (Å²) in [5.41, 5.74) is 4.06. The Hall–Kier alpha value is -4.19. The van der Waals surface area contributed by atoms with E-state index in [1.165, 1.54) is 18.2 Å². The number of benzene rings is 3. The topological polar surface area (TPSA) is 96.6 Å². The first-order valence-electron chi connectivity index (χ1n) is 9.61. The molecule has 4 rings (SSSR count). The van der Waals surface area contributed by atoms with Crippen LogP contribution in [0.4, 0.5) is 5.69 Å². The number of hydrogen-bond acceptors (Lipinski definition) is 4. The normalized spacial score (nSPS) is 10.8. The van der Waals surface area contributed by atoms with Gasteiger partial charge in [0, 0.05) is 17.0 Å². The van der Waals surface area contributed by atoms with Crippen LogP contribution in [0.2, 0.25) is 0 Å². The fourth-order valence-electron chi connectivity index (χ4n) is 3.58. The molecule has 0 radical (unpaired) electrons. The molecule has 6 nitrogen and oxygen atoms in total. The van der Waals surface area contributed by atoms with E-state index in [1.807, 2.05) is 19.9 Å². The van der Waals surface area contributed by atoms with E-state index < -0.39 is 11.6 Å². The minimum Gasteiger partial charge on any atom is -0.478 e. The lowest BCUT2D eigenvalue weighted by Gasteiger charge is -2.12. The average Bonchev–Trinajstić information content (AvgIpc) is 2.72. The van der Waals surface area contributed by atoms with Gasteiger partial charge in [0.25, 0.3) is 5.91 Å². The third-order valence-electron chi connectivity index (χ3n) is 4.91. The standard InChI is InChI=1S/C25H19NO5/c1-14-8-15(2)10-19(9-14)24(28)26-21-12-18(13-22-20(21)6-7-23(27)31-22)16-4-3-5-17(11-16)25(29)30/h3-13H,1-2H3,(H,26,28)(H,29,30). The fraction of sp³-hybridized carbons (Fsp3) is 0.0800. The molecule has 3 aromatic carbocycles. The minimum absolute atomic E-state index is 0.132. The summed E-state index contributed by atoms with van der Waals surface area (Å²) in [5.74, 6) is -1.34. The van der Waals surface area contributed by atoms with Gasteiger partial charge >= 0.3 is 11.6 Å². The lowest BCUT2D eigenvalue weighted by atomic mass is 10.0. The summed E-state index contributed by atoms with van der Waals surface area (Å²) in [7, 11) is 0. The Morgan fingerprint density at radius 2 is 1.58 bits per heavy atom. The van der Waals surface area contributed by atoms with Gasteiger partial charge in [0.15, 0.2) is 0 Å². The first-order chi connectivity index (χ1) is 14.8. The first-order valence-corrected chi connectivity index (χ1v) is 9.61. The second-order valence-electron chi connectivity index (χ2n) is 7.41. The van der Waals surface area contributed by atoms with Crippen molar-refractivity contribution in [2.45, 2.75) is 13.8 Å². The molecule has 0 unspecified atom stereocenters. The zero-order valence-electron chi connectivity index (χ0n) is 16.9. The molecule has 4 aromatic rings. The van der Waals surface area contributed by atoms with E-state index in [4.69, 9.17) is 4.42 Å². The Morgan fingerprint density at radius 3 is 2.29 bits per heavy atom. The smallest absolute Gasteiger partial charge is 0.336 e. The van der Waals surface area contributed by atoms with E-state index in [-0.39, 0.29) is 11.5 Å². The third kappa shape index (κ3) is 4.23. The molecule has 1 amide bonds. The van der Waals surface area contributed by atoms with Crippen molar-refractivity contribution in [1.82, 2.24) is 0 Å². The molecule has 31 heavy (non-hydrogen) atoms. The molecular formula is C25H19NO5. The highest BCUT2D eigenvalue weighted by atomic mass is 16.4. The molecule has 0 saturated heterocycles. The van der Waals surface area contributed by atoms with Crippen LogP contribution in [0, 0.1) is 13.8 Å². The quantitative estimate of drug-likeness (QED) is 0.458. The largest absolute Gasteiger partial charge is 0.478 e. The number of carbonyl (C=O) groups excluding carboxylic acids is 1. The van der Waals surface area contributed by atoms with Crippen molar-refractivity contribution in [3.05, 3.63) is 99.4 Å². The average molecular weight is 413 g/mol. The van der Waals surface area contributed by atoms with Gasteiger partial charge in [-0.15, -0.1) is 0 Å². The molecular weight excluding hydrogens is 394 g/mol. The number of carboxylic acids is 1. The van der Waals surface area contributed by atoms with Crippen LogP contribution < -0.4 is 10.9 Å². The van der Waals surface area contributed by atoms with Crippen molar-refractivity contribution >= 4 is 28.5 Å². The van der Waals surface area contributed by atoms with Crippen molar-refractivity contribution in [1.29, 1.82) is 0 Å². The maximum absolute atomic E-state index is 12.9. The number of carbonyl (C=O) groups is 2. The Morgan fingerprint density at radius 1 is 0.839 bits per heavy atom. The number of carboxylic acid groups (broad SMARTS) is 1. The molecule has 0 atom stereocenters. The van der Waals surface area contributed by atoms with Crippen LogP contribution in [0.25, 0.3) is 22.1 Å². The Balaban J connectivity index is 1.84. The van der Waals surface area contributed by atoms with Gasteiger partial charge in [-0.3, -0.25) is 4.79 Å². The van der Waals surface area contributed by atoms with E-state index in [2.05, 4.69) is 5.32 Å². The molecule has 0 aliphatic rings. The Bertz CT molecular complexity index is 1380. The van der Waals surface area contributed by atoms with Crippen LogP contribution in [0.1, 0.15) is 31.8 Å². The van der Waals surface area contributed by atoms with Gasteiger partial charge in [-0.05, 0) is 67.4 Å². The number of hydrogen-bond donors (Lipinski definition) is 2. The third-order valence-corrected chi connectivity index (χ3v) is 4.91. The number of nitrogens with one attached hydrogen (secondary N) is 1. The molecule has 0 spiro atoms. The lowest BCUT2D eigenvalue weighted by molar-refractivity contribution is 0.0696.